The van der Waals surface area contributed by atoms with Gasteiger partial charge in [0.2, 0.25) is 5.56 Å². The maximum Gasteiger partial charge on any atom is 0.247 e. The Kier molecular flexibility index (Phi) is 24.8. The fourth-order valence-corrected chi connectivity index (χ4v) is 20.7. The predicted molar refractivity (Wildman–Crippen MR) is 521 cm³/mol. The molecule has 0 amide bonds. The predicted octanol–water partition coefficient (Wildman–Crippen LogP) is 27.5. The molecule has 0 unspecified atom stereocenters. The van der Waals surface area contributed by atoms with Gasteiger partial charge in [-0.2, -0.15) is 5.10 Å². The molecule has 0 atom stereocenters. The van der Waals surface area contributed by atoms with Crippen LogP contribution in [0.4, 0.5) is 14.5 Å². The summed E-state index contributed by atoms with van der Waals surface area (Å²) in [4.78, 5) is 45.2. The maximum absolute atomic E-state index is 13.9. The monoisotopic (exact) mass is 1710 g/mol. The summed E-state index contributed by atoms with van der Waals surface area (Å²) in [5, 5.41) is 50.2. The van der Waals surface area contributed by atoms with Gasteiger partial charge in [-0.1, -0.05) is 49.3 Å². The standard InChI is InChI=1S/C21H19N3.C21H17NO2.C21H17NOS.C20H15F2N3O.C20H17N3O.5CH4/c22-14-7-5-13(6-8-14)21-16-4-2-1-3-15(16)20-17-11-12-23-18(17)9-10-19(20)24-21;2*23-14-7-5-13(6-8-14)21-16-4-2-1-3-15(16)20-17-11-12-24-19(17)10-9-18(20)22-21;21-14-7-10(8-15(22)20(14)26)19-12-4-2-1-3-11(12)18-13-9-23-25-16(13)5-6-17(18)24-19;24-18-8-5-12(11-22-18)20-14-4-2-1-3-13(14)19-15-9-10-21-16(15)6-7-17(19)23-20;;;;;/h5-12,24H,1-4,22H2;2*5-12,23H,1-4H2;5-9,26H,1-4H2,(H,23,25);5-11,23H,1-4H2,(H,22,24);5*1H4. The number of aromatic nitrogens is 10. The van der Waals surface area contributed by atoms with Crippen LogP contribution in [-0.2, 0) is 64.2 Å². The number of aryl methyl sites for hydroxylation is 5. The van der Waals surface area contributed by atoms with Crippen LogP contribution in [0.2, 0.25) is 0 Å². The number of nitrogens with one attached hydrogen (secondary N) is 4. The number of fused-ring (bicyclic) bond motifs is 25. The van der Waals surface area contributed by atoms with Crippen LogP contribution in [0.3, 0.4) is 0 Å². The second-order valence-corrected chi connectivity index (χ2v) is 33.7. The average molecular weight is 1710 g/mol. The smallest absolute Gasteiger partial charge is 0.247 e. The molecule has 9 aromatic carbocycles. The van der Waals surface area contributed by atoms with E-state index in [0.717, 1.165) is 195 Å². The molecule has 19 heteroatoms. The molecule has 5 aliphatic carbocycles. The van der Waals surface area contributed by atoms with E-state index in [9.17, 15) is 28.9 Å². The van der Waals surface area contributed by atoms with Crippen LogP contribution in [0.1, 0.15) is 157 Å². The van der Waals surface area contributed by atoms with E-state index < -0.39 is 17.4 Å². The lowest BCUT2D eigenvalue weighted by Crippen LogP contribution is -2.09. The number of hydrogen-bond acceptors (Lipinski definition) is 13. The lowest BCUT2D eigenvalue weighted by Gasteiger charge is -2.23. The van der Waals surface area contributed by atoms with Crippen LogP contribution in [0, 0.1) is 11.6 Å². The van der Waals surface area contributed by atoms with Crippen molar-refractivity contribution in [2.24, 2.45) is 0 Å². The highest BCUT2D eigenvalue weighted by Gasteiger charge is 2.28. The minimum atomic E-state index is -0.975. The van der Waals surface area contributed by atoms with Gasteiger partial charge in [0.1, 0.15) is 17.1 Å². The topological polar surface area (TPSA) is 257 Å². The number of benzene rings is 9. The van der Waals surface area contributed by atoms with Crippen LogP contribution in [0.5, 0.6) is 17.2 Å². The van der Waals surface area contributed by atoms with E-state index >= 15 is 0 Å². The second kappa shape index (κ2) is 36.3. The lowest BCUT2D eigenvalue weighted by molar-refractivity contribution is 0.396. The first-order chi connectivity index (χ1) is 59.9. The number of pyridine rings is 6. The van der Waals surface area contributed by atoms with Gasteiger partial charge in [-0.05, 0) is 359 Å². The fourth-order valence-electron chi connectivity index (χ4n) is 19.9. The Morgan fingerprint density at radius 3 is 1.30 bits per heavy atom. The fraction of sp³-hybridized carbons (Fsp3) is 0.231. The largest absolute Gasteiger partial charge is 0.508 e. The molecule has 0 saturated heterocycles. The summed E-state index contributed by atoms with van der Waals surface area (Å²) >= 11 is 1.80. The van der Waals surface area contributed by atoms with Gasteiger partial charge in [-0.3, -0.25) is 19.9 Å². The number of rotatable bonds is 5. The highest BCUT2D eigenvalue weighted by molar-refractivity contribution is 7.17. The number of nitrogen functional groups attached to an aromatic ring is 1. The Bertz CT molecular complexity index is 7130. The number of phenols is 3. The molecule has 11 aromatic heterocycles. The molecule has 0 fully saturated rings. The Morgan fingerprint density at radius 2 is 0.795 bits per heavy atom. The Hall–Kier alpha value is -13.9. The summed E-state index contributed by atoms with van der Waals surface area (Å²) in [5.74, 6) is -2.32. The van der Waals surface area contributed by atoms with E-state index in [1.165, 1.54) is 161 Å². The van der Waals surface area contributed by atoms with Gasteiger partial charge in [0.05, 0.1) is 68.3 Å². The first-order valence-electron chi connectivity index (χ1n) is 42.4. The van der Waals surface area contributed by atoms with Crippen LogP contribution >= 0.6 is 11.3 Å². The third kappa shape index (κ3) is 15.9. The molecule has 5 aliphatic rings. The average Bonchev–Trinajstić information content (AvgIpc) is 0.949. The molecule has 0 radical (unpaired) electrons. The van der Waals surface area contributed by atoms with Gasteiger partial charge in [-0.15, -0.1) is 11.3 Å². The summed E-state index contributed by atoms with van der Waals surface area (Å²) < 4.78 is 34.7. The summed E-state index contributed by atoms with van der Waals surface area (Å²) in [6, 6.07) is 58.0. The second-order valence-electron chi connectivity index (χ2n) is 32.8. The molecular weight excluding hydrogens is 1600 g/mol. The summed E-state index contributed by atoms with van der Waals surface area (Å²) in [6.07, 6.45) is 31.6. The van der Waals surface area contributed by atoms with Crippen molar-refractivity contribution in [1.29, 1.82) is 0 Å². The summed E-state index contributed by atoms with van der Waals surface area (Å²) in [5.41, 5.74) is 39.4. The molecule has 16 nitrogen and oxygen atoms in total. The number of furan rings is 1. The molecule has 25 rings (SSSR count). The van der Waals surface area contributed by atoms with Crippen molar-refractivity contribution in [2.45, 2.75) is 166 Å². The minimum absolute atomic E-state index is 0. The summed E-state index contributed by atoms with van der Waals surface area (Å²) in [6.45, 7) is 0. The van der Waals surface area contributed by atoms with E-state index in [1.54, 1.807) is 60.3 Å². The van der Waals surface area contributed by atoms with Crippen molar-refractivity contribution in [3.8, 4) is 73.5 Å². The first-order valence-corrected chi connectivity index (χ1v) is 43.3. The SMILES string of the molecule is C.C.C.C.C.Nc1ccc(-c2[nH]c3ccc4nccc4c3c3c2CCCC3)cc1.O=c1ccc(-c2[nH]c3ccc4nccc4c3c3c2CCCC3)c[nH]1.Oc1c(F)cc(-c2nc3ccc4[nH]ncc4c3c3c2CCCC3)cc1F.Oc1ccc(-c2nc3ccc4occc4c3c3c2CCCC3)cc1.Oc1ccc(-c2nc3ccc4sccc4c3c3c2CCCC3)cc1. The molecule has 11 heterocycles. The number of aromatic amines is 4. The number of halogens is 2. The molecule has 642 valence electrons. The van der Waals surface area contributed by atoms with E-state index in [2.05, 4.69) is 119 Å². The van der Waals surface area contributed by atoms with Crippen LogP contribution in [-0.4, -0.2) is 65.4 Å². The zero-order valence-corrected chi connectivity index (χ0v) is 67.8. The maximum atomic E-state index is 13.9. The molecule has 127 heavy (non-hydrogen) atoms. The van der Waals surface area contributed by atoms with E-state index in [-0.39, 0.29) is 48.4 Å². The number of aromatic hydroxyl groups is 3. The van der Waals surface area contributed by atoms with Crippen molar-refractivity contribution >= 4 is 125 Å². The summed E-state index contributed by atoms with van der Waals surface area (Å²) in [7, 11) is 0. The third-order valence-corrected chi connectivity index (χ3v) is 26.4. The molecular formula is C108H105F2N11O5S. The molecule has 0 aliphatic heterocycles. The highest BCUT2D eigenvalue weighted by Crippen LogP contribution is 2.46. The van der Waals surface area contributed by atoms with E-state index in [4.69, 9.17) is 25.1 Å². The van der Waals surface area contributed by atoms with Gasteiger partial charge in [0.15, 0.2) is 17.4 Å². The van der Waals surface area contributed by atoms with Crippen molar-refractivity contribution in [3.05, 3.63) is 296 Å². The number of nitrogens with two attached hydrogens (primary N) is 1. The number of phenolic OH excluding ortho intramolecular Hbond substituents is 3. The molecule has 0 saturated carbocycles. The van der Waals surface area contributed by atoms with Gasteiger partial charge in [0.25, 0.3) is 0 Å². The Balaban J connectivity index is 0.000000116. The normalized spacial score (nSPS) is 13.6. The number of anilines is 1. The van der Waals surface area contributed by atoms with E-state index in [0.29, 0.717) is 17.0 Å². The Morgan fingerprint density at radius 1 is 0.378 bits per heavy atom. The Labute approximate surface area is 740 Å². The molecule has 9 N–H and O–H groups in total. The molecule has 0 bridgehead atoms. The number of H-pyrrole nitrogens is 4. The number of hydrogen-bond donors (Lipinski definition) is 8. The first kappa shape index (κ1) is 86.6. The van der Waals surface area contributed by atoms with Crippen molar-refractivity contribution in [1.82, 2.24) is 50.1 Å². The molecule has 0 spiro atoms. The highest BCUT2D eigenvalue weighted by atomic mass is 32.1. The van der Waals surface area contributed by atoms with Crippen LogP contribution < -0.4 is 11.3 Å². The third-order valence-electron chi connectivity index (χ3n) is 25.6. The number of nitrogens with zero attached hydrogens (tertiary/aromatic N) is 6. The van der Waals surface area contributed by atoms with Crippen molar-refractivity contribution in [3.63, 3.8) is 0 Å². The van der Waals surface area contributed by atoms with Gasteiger partial charge < -0.3 is 40.4 Å². The quantitative estimate of drug-likeness (QED) is 0.0749. The van der Waals surface area contributed by atoms with Crippen LogP contribution in [0.15, 0.2) is 228 Å². The minimum Gasteiger partial charge on any atom is -0.508 e. The number of thiophene rings is 1. The molecule has 20 aromatic rings. The van der Waals surface area contributed by atoms with Crippen LogP contribution in [0.25, 0.3) is 165 Å². The zero-order chi connectivity index (χ0) is 82.2. The zero-order valence-electron chi connectivity index (χ0n) is 67.0. The van der Waals surface area contributed by atoms with Crippen molar-refractivity contribution in [2.75, 3.05) is 5.73 Å². The van der Waals surface area contributed by atoms with E-state index in [1.807, 2.05) is 73.1 Å². The van der Waals surface area contributed by atoms with Crippen molar-refractivity contribution < 1.29 is 28.5 Å². The van der Waals surface area contributed by atoms with Gasteiger partial charge in [-0.25, -0.2) is 23.7 Å². The lowest BCUT2D eigenvalue weighted by atomic mass is 9.85. The van der Waals surface area contributed by atoms with Gasteiger partial charge in [0, 0.05) is 128 Å². The van der Waals surface area contributed by atoms with Gasteiger partial charge >= 0.3 is 0 Å².